The van der Waals surface area contributed by atoms with Crippen molar-refractivity contribution >= 4 is 17.5 Å². The Labute approximate surface area is 184 Å². The lowest BCUT2D eigenvalue weighted by atomic mass is 9.76. The number of nitrogens with zero attached hydrogens (tertiary/aromatic N) is 3. The van der Waals surface area contributed by atoms with Crippen LogP contribution in [0.25, 0.3) is 0 Å². The highest BCUT2D eigenvalue weighted by molar-refractivity contribution is 5.78. The number of ether oxygens (including phenoxy) is 1. The molecule has 2 unspecified atom stereocenters. The maximum Gasteiger partial charge on any atom is 0.234 e. The highest BCUT2D eigenvalue weighted by atomic mass is 16.5. The number of benzene rings is 1. The van der Waals surface area contributed by atoms with Crippen LogP contribution in [-0.2, 0) is 20.9 Å². The van der Waals surface area contributed by atoms with Gasteiger partial charge in [-0.1, -0.05) is 12.1 Å². The number of hydrogen-bond donors (Lipinski definition) is 1. The molecule has 1 N–H and O–H groups in total. The van der Waals surface area contributed by atoms with E-state index < -0.39 is 0 Å². The molecule has 168 valence electrons. The fraction of sp³-hybridized carbons (Fsp3) is 0.667. The van der Waals surface area contributed by atoms with Gasteiger partial charge < -0.3 is 19.9 Å². The summed E-state index contributed by atoms with van der Waals surface area (Å²) < 4.78 is 5.42. The zero-order valence-electron chi connectivity index (χ0n) is 18.3. The Bertz CT molecular complexity index is 793. The van der Waals surface area contributed by atoms with E-state index in [1.165, 1.54) is 12.1 Å². The lowest BCUT2D eigenvalue weighted by Crippen LogP contribution is -2.61. The van der Waals surface area contributed by atoms with Gasteiger partial charge in [0.2, 0.25) is 11.8 Å². The Morgan fingerprint density at radius 1 is 1.10 bits per heavy atom. The second-order valence-electron chi connectivity index (χ2n) is 9.60. The van der Waals surface area contributed by atoms with E-state index >= 15 is 0 Å². The van der Waals surface area contributed by atoms with Gasteiger partial charge in [0.25, 0.3) is 0 Å². The molecule has 7 heteroatoms. The number of hydrogen-bond acceptors (Lipinski definition) is 5. The number of piperidine rings is 3. The molecule has 0 spiro atoms. The van der Waals surface area contributed by atoms with E-state index in [4.69, 9.17) is 4.74 Å². The van der Waals surface area contributed by atoms with Gasteiger partial charge in [-0.25, -0.2) is 0 Å². The molecule has 7 nitrogen and oxygen atoms in total. The maximum atomic E-state index is 12.6. The molecule has 0 saturated carbocycles. The highest BCUT2D eigenvalue weighted by Crippen LogP contribution is 2.37. The van der Waals surface area contributed by atoms with E-state index in [-0.39, 0.29) is 5.91 Å². The van der Waals surface area contributed by atoms with E-state index in [0.29, 0.717) is 36.9 Å². The van der Waals surface area contributed by atoms with Gasteiger partial charge in [0.1, 0.15) is 0 Å². The highest BCUT2D eigenvalue weighted by Gasteiger charge is 2.44. The molecule has 0 aliphatic carbocycles. The van der Waals surface area contributed by atoms with Crippen molar-refractivity contribution in [1.82, 2.24) is 15.1 Å². The lowest BCUT2D eigenvalue weighted by molar-refractivity contribution is -0.145. The van der Waals surface area contributed by atoms with Crippen LogP contribution >= 0.6 is 0 Å². The van der Waals surface area contributed by atoms with Crippen LogP contribution in [0, 0.1) is 11.8 Å². The van der Waals surface area contributed by atoms with Crippen LogP contribution in [0.1, 0.15) is 31.2 Å². The predicted molar refractivity (Wildman–Crippen MR) is 119 cm³/mol. The summed E-state index contributed by atoms with van der Waals surface area (Å²) in [6, 6.07) is 8.87. The number of carbonyl (C=O) groups excluding carboxylic acids is 2. The van der Waals surface area contributed by atoms with Gasteiger partial charge in [0.05, 0.1) is 19.8 Å². The van der Waals surface area contributed by atoms with Crippen molar-refractivity contribution in [2.45, 2.75) is 38.3 Å². The summed E-state index contributed by atoms with van der Waals surface area (Å²) in [5.41, 5.74) is 2.34. The summed E-state index contributed by atoms with van der Waals surface area (Å²) in [5.74, 6) is 1.47. The molecule has 4 heterocycles. The number of likely N-dealkylation sites (tertiary alicyclic amines) is 1. The van der Waals surface area contributed by atoms with Gasteiger partial charge in [0.15, 0.2) is 0 Å². The largest absolute Gasteiger partial charge is 0.378 e. The van der Waals surface area contributed by atoms with Crippen molar-refractivity contribution in [2.24, 2.45) is 11.8 Å². The van der Waals surface area contributed by atoms with E-state index in [1.807, 2.05) is 0 Å². The number of carbonyl (C=O) groups is 2. The fourth-order valence-corrected chi connectivity index (χ4v) is 5.95. The number of anilines is 1. The van der Waals surface area contributed by atoms with Crippen LogP contribution in [0.3, 0.4) is 0 Å². The summed E-state index contributed by atoms with van der Waals surface area (Å²) in [4.78, 5) is 31.7. The molecule has 1 aromatic carbocycles. The van der Waals surface area contributed by atoms with E-state index in [2.05, 4.69) is 44.3 Å². The summed E-state index contributed by atoms with van der Waals surface area (Å²) in [5, 5.41) is 3.10. The number of fused-ring (bicyclic) bond motifs is 4. The molecule has 2 amide bonds. The standard InChI is InChI=1S/C24H34N4O3/c29-23(25-13-18-4-6-21(7-5-18)27-8-10-31-11-9-27)17-26-14-19-12-20(16-26)22-2-1-3-24(30)28(22)15-19/h4-7,19-20,22H,1-3,8-17H2,(H,25,29)/t19?,20?,22-/m1/s1. The second kappa shape index (κ2) is 9.17. The summed E-state index contributed by atoms with van der Waals surface area (Å²) >= 11 is 0. The average Bonchev–Trinajstić information content (AvgIpc) is 2.79. The van der Waals surface area contributed by atoms with Crippen molar-refractivity contribution in [3.8, 4) is 0 Å². The number of rotatable bonds is 5. The Balaban J connectivity index is 1.10. The molecule has 3 atom stereocenters. The van der Waals surface area contributed by atoms with Crippen molar-refractivity contribution in [3.63, 3.8) is 0 Å². The monoisotopic (exact) mass is 426 g/mol. The molecule has 4 saturated heterocycles. The van der Waals surface area contributed by atoms with Crippen LogP contribution in [0.15, 0.2) is 24.3 Å². The van der Waals surface area contributed by atoms with Crippen molar-refractivity contribution in [2.75, 3.05) is 57.4 Å². The third-order valence-electron chi connectivity index (χ3n) is 7.42. The van der Waals surface area contributed by atoms with Gasteiger partial charge in [0, 0.05) is 57.4 Å². The molecule has 0 radical (unpaired) electrons. The molecule has 4 fully saturated rings. The molecule has 5 rings (SSSR count). The van der Waals surface area contributed by atoms with Crippen LogP contribution in [0.5, 0.6) is 0 Å². The third-order valence-corrected chi connectivity index (χ3v) is 7.42. The summed E-state index contributed by atoms with van der Waals surface area (Å²) in [7, 11) is 0. The van der Waals surface area contributed by atoms with Crippen molar-refractivity contribution < 1.29 is 14.3 Å². The van der Waals surface area contributed by atoms with Crippen LogP contribution in [-0.4, -0.2) is 80.1 Å². The topological polar surface area (TPSA) is 65.1 Å². The summed E-state index contributed by atoms with van der Waals surface area (Å²) in [6.07, 6.45) is 4.08. The van der Waals surface area contributed by atoms with Gasteiger partial charge >= 0.3 is 0 Å². The third kappa shape index (κ3) is 4.72. The number of morpholine rings is 1. The first-order valence-electron chi connectivity index (χ1n) is 11.9. The minimum absolute atomic E-state index is 0.0915. The molecule has 31 heavy (non-hydrogen) atoms. The molecule has 0 aromatic heterocycles. The first-order valence-corrected chi connectivity index (χ1v) is 11.9. The van der Waals surface area contributed by atoms with E-state index in [9.17, 15) is 9.59 Å². The van der Waals surface area contributed by atoms with Crippen molar-refractivity contribution in [1.29, 1.82) is 0 Å². The van der Waals surface area contributed by atoms with Crippen molar-refractivity contribution in [3.05, 3.63) is 29.8 Å². The number of nitrogens with one attached hydrogen (secondary N) is 1. The van der Waals surface area contributed by atoms with Gasteiger partial charge in [-0.2, -0.15) is 0 Å². The first-order chi connectivity index (χ1) is 15.2. The minimum Gasteiger partial charge on any atom is -0.378 e. The lowest BCUT2D eigenvalue weighted by Gasteiger charge is -2.52. The fourth-order valence-electron chi connectivity index (χ4n) is 5.95. The summed E-state index contributed by atoms with van der Waals surface area (Å²) in [6.45, 7) is 7.19. The van der Waals surface area contributed by atoms with Crippen LogP contribution in [0.2, 0.25) is 0 Å². The smallest absolute Gasteiger partial charge is 0.234 e. The van der Waals surface area contributed by atoms with E-state index in [0.717, 1.165) is 70.8 Å². The second-order valence-corrected chi connectivity index (χ2v) is 9.60. The average molecular weight is 427 g/mol. The van der Waals surface area contributed by atoms with Crippen LogP contribution < -0.4 is 10.2 Å². The maximum absolute atomic E-state index is 12.6. The molecular formula is C24H34N4O3. The van der Waals surface area contributed by atoms with Gasteiger partial charge in [-0.05, 0) is 48.8 Å². The minimum atomic E-state index is 0.0915. The Hall–Kier alpha value is -2.12. The predicted octanol–water partition coefficient (Wildman–Crippen LogP) is 1.47. The SMILES string of the molecule is O=C(CN1CC2CC(C1)[C@H]1CCCC(=O)N1C2)NCc1ccc(N2CCOCC2)cc1. The van der Waals surface area contributed by atoms with Crippen LogP contribution in [0.4, 0.5) is 5.69 Å². The molecule has 1 aromatic rings. The zero-order valence-corrected chi connectivity index (χ0v) is 18.3. The van der Waals surface area contributed by atoms with Gasteiger partial charge in [-0.3, -0.25) is 14.5 Å². The van der Waals surface area contributed by atoms with Gasteiger partial charge in [-0.15, -0.1) is 0 Å². The quantitative estimate of drug-likeness (QED) is 0.773. The molecule has 2 bridgehead atoms. The molecule has 4 aliphatic rings. The Morgan fingerprint density at radius 2 is 1.90 bits per heavy atom. The molecular weight excluding hydrogens is 392 g/mol. The Morgan fingerprint density at radius 3 is 2.71 bits per heavy atom. The van der Waals surface area contributed by atoms with E-state index in [1.54, 1.807) is 0 Å². The normalized spacial score (nSPS) is 28.9. The zero-order chi connectivity index (χ0) is 21.2. The first kappa shape index (κ1) is 20.8. The number of amides is 2. The Kier molecular flexibility index (Phi) is 6.14. The molecule has 4 aliphatic heterocycles.